The quantitative estimate of drug-likeness (QED) is 0.642. The Hall–Kier alpha value is -2.33. The molecule has 0 aromatic heterocycles. The van der Waals surface area contributed by atoms with Gasteiger partial charge in [-0.15, -0.1) is 0 Å². The van der Waals surface area contributed by atoms with Gasteiger partial charge in [-0.3, -0.25) is 4.79 Å². The number of benzene rings is 1. The lowest BCUT2D eigenvalue weighted by molar-refractivity contribution is -0.112. The van der Waals surface area contributed by atoms with Gasteiger partial charge in [-0.25, -0.2) is 8.42 Å². The highest BCUT2D eigenvalue weighted by Crippen LogP contribution is 2.24. The summed E-state index contributed by atoms with van der Waals surface area (Å²) in [5.41, 5.74) is 1.61. The highest BCUT2D eigenvalue weighted by atomic mass is 32.2. The third kappa shape index (κ3) is 4.83. The van der Waals surface area contributed by atoms with E-state index < -0.39 is 15.7 Å². The molecule has 1 aliphatic heterocycles. The highest BCUT2D eigenvalue weighted by molar-refractivity contribution is 7.91. The number of carbonyl (C=O) groups is 1. The third-order valence-electron chi connectivity index (χ3n) is 4.31. The lowest BCUT2D eigenvalue weighted by Crippen LogP contribution is -2.29. The van der Waals surface area contributed by atoms with E-state index in [1.807, 2.05) is 38.1 Å². The number of rotatable bonds is 5. The summed E-state index contributed by atoms with van der Waals surface area (Å²) in [5, 5.41) is 12.1. The van der Waals surface area contributed by atoms with Gasteiger partial charge in [0.25, 0.3) is 5.91 Å². The zero-order chi connectivity index (χ0) is 18.6. The van der Waals surface area contributed by atoms with Crippen molar-refractivity contribution >= 4 is 21.4 Å². The van der Waals surface area contributed by atoms with E-state index >= 15 is 0 Å². The van der Waals surface area contributed by atoms with Crippen LogP contribution in [0.3, 0.4) is 0 Å². The summed E-state index contributed by atoms with van der Waals surface area (Å²) in [6, 6.07) is 9.17. The van der Waals surface area contributed by atoms with Crippen molar-refractivity contribution in [2.75, 3.05) is 23.9 Å². The summed E-state index contributed by atoms with van der Waals surface area (Å²) in [6.45, 7) is 4.06. The van der Waals surface area contributed by atoms with Crippen molar-refractivity contribution < 1.29 is 13.2 Å². The van der Waals surface area contributed by atoms with Crippen LogP contribution in [-0.4, -0.2) is 43.8 Å². The number of anilines is 1. The van der Waals surface area contributed by atoms with E-state index in [0.29, 0.717) is 12.1 Å². The molecule has 1 amide bonds. The van der Waals surface area contributed by atoms with Crippen LogP contribution in [0.2, 0.25) is 0 Å². The van der Waals surface area contributed by atoms with Gasteiger partial charge in [0, 0.05) is 25.0 Å². The Labute approximate surface area is 149 Å². The summed E-state index contributed by atoms with van der Waals surface area (Å²) in [4.78, 5) is 14.1. The zero-order valence-electron chi connectivity index (χ0n) is 14.7. The zero-order valence-corrected chi connectivity index (χ0v) is 15.5. The summed E-state index contributed by atoms with van der Waals surface area (Å²) in [7, 11) is -1.33. The van der Waals surface area contributed by atoms with E-state index in [1.54, 1.807) is 18.0 Å². The molecule has 1 aromatic carbocycles. The van der Waals surface area contributed by atoms with Crippen LogP contribution in [0.25, 0.3) is 0 Å². The van der Waals surface area contributed by atoms with E-state index in [2.05, 4.69) is 5.32 Å². The van der Waals surface area contributed by atoms with Gasteiger partial charge in [0.05, 0.1) is 11.5 Å². The summed E-state index contributed by atoms with van der Waals surface area (Å²) in [5.74, 6) is -0.0666. The SMILES string of the molecule is CC(C)c1ccccc1NC(=O)/C(C#N)=C\N(C)C1CCS(=O)(=O)C1. The van der Waals surface area contributed by atoms with Crippen molar-refractivity contribution in [3.63, 3.8) is 0 Å². The number of para-hydroxylation sites is 1. The standard InChI is InChI=1S/C18H23N3O3S/c1-13(2)16-6-4-5-7-17(16)20-18(22)14(10-19)11-21(3)15-8-9-25(23,24)12-15/h4-7,11,13,15H,8-9,12H2,1-3H3,(H,20,22)/b14-11-. The summed E-state index contributed by atoms with van der Waals surface area (Å²) >= 11 is 0. The lowest BCUT2D eigenvalue weighted by atomic mass is 10.0. The molecule has 7 heteroatoms. The minimum absolute atomic E-state index is 0.0506. The van der Waals surface area contributed by atoms with Crippen LogP contribution >= 0.6 is 0 Å². The Morgan fingerprint density at radius 2 is 2.08 bits per heavy atom. The van der Waals surface area contributed by atoms with Gasteiger partial charge in [0.2, 0.25) is 0 Å². The topological polar surface area (TPSA) is 90.3 Å². The van der Waals surface area contributed by atoms with Crippen molar-refractivity contribution in [3.8, 4) is 6.07 Å². The van der Waals surface area contributed by atoms with Crippen LogP contribution in [-0.2, 0) is 14.6 Å². The molecule has 134 valence electrons. The van der Waals surface area contributed by atoms with Crippen molar-refractivity contribution in [1.29, 1.82) is 5.26 Å². The molecule has 1 atom stereocenters. The highest BCUT2D eigenvalue weighted by Gasteiger charge is 2.30. The molecule has 1 fully saturated rings. The first-order chi connectivity index (χ1) is 11.7. The Balaban J connectivity index is 2.15. The van der Waals surface area contributed by atoms with Crippen molar-refractivity contribution in [2.24, 2.45) is 0 Å². The second-order valence-corrected chi connectivity index (χ2v) is 8.80. The fourth-order valence-electron chi connectivity index (χ4n) is 2.85. The summed E-state index contributed by atoms with van der Waals surface area (Å²) < 4.78 is 23.2. The van der Waals surface area contributed by atoms with E-state index in [9.17, 15) is 18.5 Å². The molecule has 1 N–H and O–H groups in total. The molecule has 6 nitrogen and oxygen atoms in total. The molecular weight excluding hydrogens is 338 g/mol. The second-order valence-electron chi connectivity index (χ2n) is 6.57. The number of hydrogen-bond acceptors (Lipinski definition) is 5. The fraction of sp³-hybridized carbons (Fsp3) is 0.444. The van der Waals surface area contributed by atoms with E-state index in [-0.39, 0.29) is 29.0 Å². The smallest absolute Gasteiger partial charge is 0.267 e. The average Bonchev–Trinajstić information content (AvgIpc) is 2.92. The first-order valence-corrected chi connectivity index (χ1v) is 10.00. The molecule has 2 rings (SSSR count). The molecule has 0 saturated carbocycles. The number of nitrogens with zero attached hydrogens (tertiary/aromatic N) is 2. The largest absolute Gasteiger partial charge is 0.375 e. The van der Waals surface area contributed by atoms with Gasteiger partial charge in [-0.2, -0.15) is 5.26 Å². The van der Waals surface area contributed by atoms with Gasteiger partial charge in [-0.1, -0.05) is 32.0 Å². The number of carbonyl (C=O) groups excluding carboxylic acids is 1. The molecule has 0 aliphatic carbocycles. The molecule has 0 radical (unpaired) electrons. The van der Waals surface area contributed by atoms with Crippen LogP contribution in [0.1, 0.15) is 31.7 Å². The van der Waals surface area contributed by atoms with Crippen molar-refractivity contribution in [2.45, 2.75) is 32.2 Å². The Bertz CT molecular complexity index is 822. The van der Waals surface area contributed by atoms with E-state index in [1.165, 1.54) is 6.20 Å². The van der Waals surface area contributed by atoms with Crippen LogP contribution in [0.5, 0.6) is 0 Å². The first kappa shape index (κ1) is 19.0. The van der Waals surface area contributed by atoms with Crippen LogP contribution in [0.4, 0.5) is 5.69 Å². The summed E-state index contributed by atoms with van der Waals surface area (Å²) in [6.07, 6.45) is 1.94. The number of nitrogens with one attached hydrogen (secondary N) is 1. The molecule has 1 saturated heterocycles. The molecule has 1 unspecified atom stereocenters. The maximum atomic E-state index is 12.4. The first-order valence-electron chi connectivity index (χ1n) is 8.18. The Morgan fingerprint density at radius 1 is 1.40 bits per heavy atom. The number of hydrogen-bond donors (Lipinski definition) is 1. The minimum atomic E-state index is -3.02. The molecule has 0 spiro atoms. The predicted molar refractivity (Wildman–Crippen MR) is 97.7 cm³/mol. The molecule has 1 heterocycles. The van der Waals surface area contributed by atoms with Crippen molar-refractivity contribution in [1.82, 2.24) is 4.90 Å². The van der Waals surface area contributed by atoms with Gasteiger partial charge in [0.1, 0.15) is 11.6 Å². The van der Waals surface area contributed by atoms with Crippen LogP contribution in [0.15, 0.2) is 36.0 Å². The van der Waals surface area contributed by atoms with Gasteiger partial charge >= 0.3 is 0 Å². The average molecular weight is 361 g/mol. The molecule has 1 aliphatic rings. The lowest BCUT2D eigenvalue weighted by Gasteiger charge is -2.21. The Kier molecular flexibility index (Phi) is 5.85. The second kappa shape index (κ2) is 7.70. The number of amides is 1. The number of sulfone groups is 1. The molecular formula is C18H23N3O3S. The fourth-order valence-corrected chi connectivity index (χ4v) is 4.63. The molecule has 1 aromatic rings. The predicted octanol–water partition coefficient (Wildman–Crippen LogP) is 2.27. The maximum Gasteiger partial charge on any atom is 0.267 e. The monoisotopic (exact) mass is 361 g/mol. The van der Waals surface area contributed by atoms with Crippen LogP contribution in [0, 0.1) is 11.3 Å². The van der Waals surface area contributed by atoms with Gasteiger partial charge < -0.3 is 10.2 Å². The normalized spacial score (nSPS) is 19.5. The number of nitriles is 1. The van der Waals surface area contributed by atoms with Gasteiger partial charge in [0.15, 0.2) is 9.84 Å². The van der Waals surface area contributed by atoms with Gasteiger partial charge in [-0.05, 0) is 24.0 Å². The Morgan fingerprint density at radius 3 is 2.64 bits per heavy atom. The van der Waals surface area contributed by atoms with Crippen LogP contribution < -0.4 is 5.32 Å². The van der Waals surface area contributed by atoms with E-state index in [4.69, 9.17) is 0 Å². The molecule has 25 heavy (non-hydrogen) atoms. The molecule has 0 bridgehead atoms. The van der Waals surface area contributed by atoms with Crippen molar-refractivity contribution in [3.05, 3.63) is 41.6 Å². The third-order valence-corrected chi connectivity index (χ3v) is 6.06. The maximum absolute atomic E-state index is 12.4. The minimum Gasteiger partial charge on any atom is -0.375 e. The van der Waals surface area contributed by atoms with E-state index in [0.717, 1.165) is 5.56 Å².